The number of halogens is 1. The SMILES string of the molecule is Cc1noc(C)c1CC(=O)NCCn1ncc2c(=O)n(Cc3ccc(Br)cc3)cnc21. The van der Waals surface area contributed by atoms with Gasteiger partial charge in [-0.2, -0.15) is 5.10 Å². The number of hydrogen-bond acceptors (Lipinski definition) is 6. The van der Waals surface area contributed by atoms with Crippen molar-refractivity contribution in [3.63, 3.8) is 0 Å². The standard InChI is InChI=1S/C21H21BrN6O3/c1-13-17(14(2)31-26-13)9-19(29)23-7-8-28-20-18(10-25-28)21(30)27(12-24-20)11-15-3-5-16(22)6-4-15/h3-6,10,12H,7-9,11H2,1-2H3,(H,23,29). The summed E-state index contributed by atoms with van der Waals surface area (Å²) in [6.45, 7) is 4.79. The quantitative estimate of drug-likeness (QED) is 0.431. The first kappa shape index (κ1) is 21.0. The molecular formula is C21H21BrN6O3. The van der Waals surface area contributed by atoms with Crippen LogP contribution in [-0.2, 0) is 24.3 Å². The van der Waals surface area contributed by atoms with Crippen molar-refractivity contribution in [3.8, 4) is 0 Å². The second kappa shape index (κ2) is 8.84. The number of benzene rings is 1. The van der Waals surface area contributed by atoms with Crippen molar-refractivity contribution < 1.29 is 9.32 Å². The van der Waals surface area contributed by atoms with E-state index < -0.39 is 0 Å². The Morgan fingerprint density at radius 2 is 2.00 bits per heavy atom. The summed E-state index contributed by atoms with van der Waals surface area (Å²) in [5.74, 6) is 0.519. The van der Waals surface area contributed by atoms with Gasteiger partial charge in [-0.25, -0.2) is 9.67 Å². The zero-order chi connectivity index (χ0) is 22.0. The van der Waals surface area contributed by atoms with E-state index in [2.05, 4.69) is 36.5 Å². The van der Waals surface area contributed by atoms with Gasteiger partial charge in [-0.1, -0.05) is 33.2 Å². The Kier molecular flexibility index (Phi) is 5.99. The minimum absolute atomic E-state index is 0.129. The maximum Gasteiger partial charge on any atom is 0.264 e. The van der Waals surface area contributed by atoms with Crippen LogP contribution in [0.25, 0.3) is 11.0 Å². The van der Waals surface area contributed by atoms with Crippen molar-refractivity contribution in [1.29, 1.82) is 0 Å². The summed E-state index contributed by atoms with van der Waals surface area (Å²) < 4.78 is 9.25. The number of rotatable bonds is 7. The second-order valence-electron chi connectivity index (χ2n) is 7.24. The van der Waals surface area contributed by atoms with Crippen LogP contribution in [0.2, 0.25) is 0 Å². The van der Waals surface area contributed by atoms with Gasteiger partial charge in [0.05, 0.1) is 31.4 Å². The van der Waals surface area contributed by atoms with Gasteiger partial charge in [-0.05, 0) is 31.5 Å². The van der Waals surface area contributed by atoms with Gasteiger partial charge in [-0.3, -0.25) is 14.2 Å². The molecule has 0 aliphatic heterocycles. The van der Waals surface area contributed by atoms with E-state index in [1.54, 1.807) is 16.2 Å². The average Bonchev–Trinajstić information content (AvgIpc) is 3.30. The molecule has 10 heteroatoms. The molecule has 0 spiro atoms. The normalized spacial score (nSPS) is 11.2. The number of carbonyl (C=O) groups excluding carboxylic acids is 1. The molecule has 31 heavy (non-hydrogen) atoms. The van der Waals surface area contributed by atoms with Crippen LogP contribution in [0.1, 0.15) is 22.6 Å². The molecule has 0 unspecified atom stereocenters. The van der Waals surface area contributed by atoms with Gasteiger partial charge in [0.15, 0.2) is 5.65 Å². The molecule has 0 aliphatic carbocycles. The van der Waals surface area contributed by atoms with Crippen molar-refractivity contribution in [1.82, 2.24) is 29.8 Å². The number of nitrogens with one attached hydrogen (secondary N) is 1. The third kappa shape index (κ3) is 4.58. The molecule has 3 heterocycles. The maximum atomic E-state index is 12.8. The summed E-state index contributed by atoms with van der Waals surface area (Å²) in [5.41, 5.74) is 2.86. The topological polar surface area (TPSA) is 108 Å². The molecular weight excluding hydrogens is 464 g/mol. The molecule has 160 valence electrons. The predicted molar refractivity (Wildman–Crippen MR) is 118 cm³/mol. The molecule has 9 nitrogen and oxygen atoms in total. The fourth-order valence-electron chi connectivity index (χ4n) is 3.34. The number of hydrogen-bond donors (Lipinski definition) is 1. The number of aromatic nitrogens is 5. The lowest BCUT2D eigenvalue weighted by molar-refractivity contribution is -0.120. The molecule has 0 atom stereocenters. The molecule has 4 aromatic rings. The molecule has 0 saturated carbocycles. The lowest BCUT2D eigenvalue weighted by atomic mass is 10.1. The smallest absolute Gasteiger partial charge is 0.264 e. The van der Waals surface area contributed by atoms with E-state index in [1.807, 2.05) is 31.2 Å². The molecule has 1 N–H and O–H groups in total. The van der Waals surface area contributed by atoms with E-state index in [4.69, 9.17) is 4.52 Å². The number of amides is 1. The Labute approximate surface area is 186 Å². The molecule has 0 fully saturated rings. The van der Waals surface area contributed by atoms with Crippen LogP contribution in [0.4, 0.5) is 0 Å². The predicted octanol–water partition coefficient (Wildman–Crippen LogP) is 2.37. The fraction of sp³-hybridized carbons (Fsp3) is 0.286. The third-order valence-corrected chi connectivity index (χ3v) is 5.58. The zero-order valence-electron chi connectivity index (χ0n) is 17.1. The molecule has 0 aliphatic rings. The highest BCUT2D eigenvalue weighted by Gasteiger charge is 2.14. The largest absolute Gasteiger partial charge is 0.361 e. The maximum absolute atomic E-state index is 12.8. The van der Waals surface area contributed by atoms with Gasteiger partial charge in [0, 0.05) is 16.6 Å². The Bertz CT molecular complexity index is 1270. The van der Waals surface area contributed by atoms with E-state index >= 15 is 0 Å². The van der Waals surface area contributed by atoms with Gasteiger partial charge in [-0.15, -0.1) is 0 Å². The van der Waals surface area contributed by atoms with Gasteiger partial charge in [0.25, 0.3) is 5.56 Å². The van der Waals surface area contributed by atoms with Crippen molar-refractivity contribution >= 4 is 32.9 Å². The summed E-state index contributed by atoms with van der Waals surface area (Å²) >= 11 is 3.41. The molecule has 0 bridgehead atoms. The first-order valence-corrected chi connectivity index (χ1v) is 10.6. The third-order valence-electron chi connectivity index (χ3n) is 5.05. The van der Waals surface area contributed by atoms with Crippen LogP contribution in [0.3, 0.4) is 0 Å². The van der Waals surface area contributed by atoms with Crippen molar-refractivity contribution in [2.24, 2.45) is 0 Å². The average molecular weight is 485 g/mol. The first-order chi connectivity index (χ1) is 14.9. The lowest BCUT2D eigenvalue weighted by Gasteiger charge is -2.08. The van der Waals surface area contributed by atoms with E-state index in [0.29, 0.717) is 42.1 Å². The second-order valence-corrected chi connectivity index (χ2v) is 8.15. The highest BCUT2D eigenvalue weighted by atomic mass is 79.9. The summed E-state index contributed by atoms with van der Waals surface area (Å²) in [6, 6.07) is 7.78. The fourth-order valence-corrected chi connectivity index (χ4v) is 3.60. The van der Waals surface area contributed by atoms with Gasteiger partial charge in [0.2, 0.25) is 5.91 Å². The summed E-state index contributed by atoms with van der Waals surface area (Å²) in [6.07, 6.45) is 3.26. The van der Waals surface area contributed by atoms with E-state index in [-0.39, 0.29) is 17.9 Å². The number of carbonyl (C=O) groups is 1. The summed E-state index contributed by atoms with van der Waals surface area (Å²) in [4.78, 5) is 29.4. The lowest BCUT2D eigenvalue weighted by Crippen LogP contribution is -2.29. The van der Waals surface area contributed by atoms with Crippen LogP contribution in [0.15, 0.2) is 50.6 Å². The Hall–Kier alpha value is -3.27. The van der Waals surface area contributed by atoms with Crippen LogP contribution in [-0.4, -0.2) is 36.9 Å². The van der Waals surface area contributed by atoms with Crippen LogP contribution < -0.4 is 10.9 Å². The summed E-state index contributed by atoms with van der Waals surface area (Å²) in [5, 5.41) is 11.4. The molecule has 1 amide bonds. The van der Waals surface area contributed by atoms with Gasteiger partial charge >= 0.3 is 0 Å². The van der Waals surface area contributed by atoms with Crippen LogP contribution >= 0.6 is 15.9 Å². The van der Waals surface area contributed by atoms with Crippen molar-refractivity contribution in [2.75, 3.05) is 6.54 Å². The van der Waals surface area contributed by atoms with Gasteiger partial charge < -0.3 is 9.84 Å². The Balaban J connectivity index is 1.41. The van der Waals surface area contributed by atoms with Crippen molar-refractivity contribution in [2.45, 2.75) is 33.4 Å². The Morgan fingerprint density at radius 1 is 1.23 bits per heavy atom. The minimum Gasteiger partial charge on any atom is -0.361 e. The summed E-state index contributed by atoms with van der Waals surface area (Å²) in [7, 11) is 0. The molecule has 1 aromatic carbocycles. The molecule has 3 aromatic heterocycles. The van der Waals surface area contributed by atoms with E-state index in [1.165, 1.54) is 12.5 Å². The van der Waals surface area contributed by atoms with Gasteiger partial charge in [0.1, 0.15) is 17.5 Å². The molecule has 0 saturated heterocycles. The zero-order valence-corrected chi connectivity index (χ0v) is 18.7. The number of nitrogens with zero attached hydrogens (tertiary/aromatic N) is 5. The number of aryl methyl sites for hydroxylation is 2. The monoisotopic (exact) mass is 484 g/mol. The van der Waals surface area contributed by atoms with Crippen LogP contribution in [0, 0.1) is 13.8 Å². The molecule has 4 rings (SSSR count). The Morgan fingerprint density at radius 3 is 2.71 bits per heavy atom. The highest BCUT2D eigenvalue weighted by molar-refractivity contribution is 9.10. The minimum atomic E-state index is -0.151. The molecule has 0 radical (unpaired) electrons. The number of fused-ring (bicyclic) bond motifs is 1. The highest BCUT2D eigenvalue weighted by Crippen LogP contribution is 2.13. The first-order valence-electron chi connectivity index (χ1n) is 9.76. The van der Waals surface area contributed by atoms with Crippen molar-refractivity contribution in [3.05, 3.63) is 74.2 Å². The van der Waals surface area contributed by atoms with E-state index in [9.17, 15) is 9.59 Å². The van der Waals surface area contributed by atoms with Crippen LogP contribution in [0.5, 0.6) is 0 Å². The van der Waals surface area contributed by atoms with E-state index in [0.717, 1.165) is 15.6 Å².